The standard InChI is InChI=1S/C13H16FN3S/c1-3-15-9(2)10-4-5-12(11(14)8-10)18-13-16-6-7-17-13/h4-9,15H,3H2,1-2H3,(H,16,17). The molecule has 0 saturated carbocycles. The number of imidazole rings is 1. The molecular weight excluding hydrogens is 249 g/mol. The topological polar surface area (TPSA) is 40.7 Å². The van der Waals surface area contributed by atoms with Gasteiger partial charge in [0.25, 0.3) is 0 Å². The fourth-order valence-corrected chi connectivity index (χ4v) is 2.45. The van der Waals surface area contributed by atoms with E-state index in [-0.39, 0.29) is 11.9 Å². The quantitative estimate of drug-likeness (QED) is 0.871. The van der Waals surface area contributed by atoms with Crippen molar-refractivity contribution < 1.29 is 4.39 Å². The zero-order valence-corrected chi connectivity index (χ0v) is 11.2. The van der Waals surface area contributed by atoms with Crippen molar-refractivity contribution >= 4 is 11.8 Å². The number of rotatable bonds is 5. The molecule has 2 rings (SSSR count). The lowest BCUT2D eigenvalue weighted by molar-refractivity contribution is 0.572. The summed E-state index contributed by atoms with van der Waals surface area (Å²) in [6.07, 6.45) is 3.38. The van der Waals surface area contributed by atoms with Crippen molar-refractivity contribution in [2.45, 2.75) is 29.9 Å². The van der Waals surface area contributed by atoms with Crippen LogP contribution in [0.1, 0.15) is 25.5 Å². The van der Waals surface area contributed by atoms with Crippen LogP contribution in [0, 0.1) is 5.82 Å². The van der Waals surface area contributed by atoms with E-state index in [2.05, 4.69) is 15.3 Å². The highest BCUT2D eigenvalue weighted by Gasteiger charge is 2.10. The number of benzene rings is 1. The summed E-state index contributed by atoms with van der Waals surface area (Å²) in [4.78, 5) is 7.59. The highest BCUT2D eigenvalue weighted by atomic mass is 32.2. The second-order valence-corrected chi connectivity index (χ2v) is 5.00. The third-order valence-electron chi connectivity index (χ3n) is 2.65. The molecule has 0 bridgehead atoms. The first kappa shape index (κ1) is 13.1. The molecule has 2 N–H and O–H groups in total. The predicted octanol–water partition coefficient (Wildman–Crippen LogP) is 3.37. The first-order chi connectivity index (χ1) is 8.70. The van der Waals surface area contributed by atoms with Crippen LogP contribution in [0.5, 0.6) is 0 Å². The summed E-state index contributed by atoms with van der Waals surface area (Å²) in [7, 11) is 0. The Balaban J connectivity index is 2.14. The minimum Gasteiger partial charge on any atom is -0.339 e. The van der Waals surface area contributed by atoms with Gasteiger partial charge in [0.2, 0.25) is 0 Å². The normalized spacial score (nSPS) is 12.6. The molecule has 1 aromatic heterocycles. The first-order valence-electron chi connectivity index (χ1n) is 5.90. The van der Waals surface area contributed by atoms with Gasteiger partial charge in [-0.25, -0.2) is 9.37 Å². The molecule has 1 unspecified atom stereocenters. The minimum atomic E-state index is -0.210. The molecule has 0 spiro atoms. The lowest BCUT2D eigenvalue weighted by Gasteiger charge is -2.13. The maximum Gasteiger partial charge on any atom is 0.170 e. The Morgan fingerprint density at radius 2 is 2.33 bits per heavy atom. The molecule has 3 nitrogen and oxygen atoms in total. The Kier molecular flexibility index (Phi) is 4.38. The SMILES string of the molecule is CCNC(C)c1ccc(Sc2ncc[nH]2)c(F)c1. The molecule has 1 atom stereocenters. The molecule has 0 aliphatic heterocycles. The Morgan fingerprint density at radius 3 is 2.94 bits per heavy atom. The van der Waals surface area contributed by atoms with Gasteiger partial charge in [0.1, 0.15) is 5.82 Å². The second-order valence-electron chi connectivity index (χ2n) is 3.97. The van der Waals surface area contributed by atoms with Gasteiger partial charge in [-0.15, -0.1) is 0 Å². The van der Waals surface area contributed by atoms with Gasteiger partial charge in [0, 0.05) is 18.4 Å². The van der Waals surface area contributed by atoms with Gasteiger partial charge in [0.15, 0.2) is 5.16 Å². The van der Waals surface area contributed by atoms with Crippen LogP contribution in [0.15, 0.2) is 40.6 Å². The molecule has 0 aliphatic rings. The van der Waals surface area contributed by atoms with Gasteiger partial charge < -0.3 is 10.3 Å². The van der Waals surface area contributed by atoms with Crippen LogP contribution >= 0.6 is 11.8 Å². The summed E-state index contributed by atoms with van der Waals surface area (Å²) in [6.45, 7) is 4.93. The van der Waals surface area contributed by atoms with E-state index in [9.17, 15) is 4.39 Å². The molecule has 0 radical (unpaired) electrons. The van der Waals surface area contributed by atoms with Crippen molar-refractivity contribution in [3.05, 3.63) is 42.0 Å². The van der Waals surface area contributed by atoms with Crippen LogP contribution in [0.3, 0.4) is 0 Å². The summed E-state index contributed by atoms with van der Waals surface area (Å²) >= 11 is 1.29. The van der Waals surface area contributed by atoms with Gasteiger partial charge in [-0.1, -0.05) is 13.0 Å². The van der Waals surface area contributed by atoms with E-state index in [0.717, 1.165) is 12.1 Å². The van der Waals surface area contributed by atoms with Crippen molar-refractivity contribution in [1.82, 2.24) is 15.3 Å². The van der Waals surface area contributed by atoms with Gasteiger partial charge in [0.05, 0.1) is 4.90 Å². The maximum atomic E-state index is 14.0. The number of nitrogens with zero attached hydrogens (tertiary/aromatic N) is 1. The van der Waals surface area contributed by atoms with E-state index in [1.54, 1.807) is 24.5 Å². The highest BCUT2D eigenvalue weighted by molar-refractivity contribution is 7.99. The predicted molar refractivity (Wildman–Crippen MR) is 71.2 cm³/mol. The Hall–Kier alpha value is -1.33. The molecule has 1 heterocycles. The van der Waals surface area contributed by atoms with Crippen LogP contribution in [-0.4, -0.2) is 16.5 Å². The first-order valence-corrected chi connectivity index (χ1v) is 6.72. The number of aromatic amines is 1. The maximum absolute atomic E-state index is 14.0. The lowest BCUT2D eigenvalue weighted by Crippen LogP contribution is -2.17. The van der Waals surface area contributed by atoms with E-state index in [1.807, 2.05) is 19.9 Å². The van der Waals surface area contributed by atoms with E-state index in [1.165, 1.54) is 11.8 Å². The number of nitrogens with one attached hydrogen (secondary N) is 2. The summed E-state index contributed by atoms with van der Waals surface area (Å²) in [5, 5.41) is 3.96. The summed E-state index contributed by atoms with van der Waals surface area (Å²) in [5.41, 5.74) is 0.957. The fourth-order valence-electron chi connectivity index (χ4n) is 1.70. The monoisotopic (exact) mass is 265 g/mol. The smallest absolute Gasteiger partial charge is 0.170 e. The van der Waals surface area contributed by atoms with E-state index in [0.29, 0.717) is 10.1 Å². The van der Waals surface area contributed by atoms with E-state index >= 15 is 0 Å². The molecule has 2 aromatic rings. The number of halogens is 1. The van der Waals surface area contributed by atoms with E-state index < -0.39 is 0 Å². The minimum absolute atomic E-state index is 0.159. The van der Waals surface area contributed by atoms with Crippen LogP contribution in [-0.2, 0) is 0 Å². The molecule has 96 valence electrons. The van der Waals surface area contributed by atoms with Crippen molar-refractivity contribution in [1.29, 1.82) is 0 Å². The highest BCUT2D eigenvalue weighted by Crippen LogP contribution is 2.28. The molecule has 18 heavy (non-hydrogen) atoms. The summed E-state index contributed by atoms with van der Waals surface area (Å²) in [5.74, 6) is -0.210. The number of H-pyrrole nitrogens is 1. The number of hydrogen-bond donors (Lipinski definition) is 2. The average molecular weight is 265 g/mol. The zero-order valence-electron chi connectivity index (χ0n) is 10.4. The lowest BCUT2D eigenvalue weighted by atomic mass is 10.1. The van der Waals surface area contributed by atoms with Crippen LogP contribution in [0.4, 0.5) is 4.39 Å². The average Bonchev–Trinajstić information content (AvgIpc) is 2.85. The fraction of sp³-hybridized carbons (Fsp3) is 0.308. The molecule has 0 saturated heterocycles. The van der Waals surface area contributed by atoms with Crippen molar-refractivity contribution in [3.63, 3.8) is 0 Å². The van der Waals surface area contributed by atoms with Crippen molar-refractivity contribution in [2.75, 3.05) is 6.54 Å². The zero-order chi connectivity index (χ0) is 13.0. The largest absolute Gasteiger partial charge is 0.339 e. The molecule has 0 amide bonds. The number of aromatic nitrogens is 2. The molecule has 0 fully saturated rings. The van der Waals surface area contributed by atoms with Gasteiger partial charge in [-0.3, -0.25) is 0 Å². The number of hydrogen-bond acceptors (Lipinski definition) is 3. The van der Waals surface area contributed by atoms with Crippen LogP contribution in [0.25, 0.3) is 0 Å². The molecular formula is C13H16FN3S. The Morgan fingerprint density at radius 1 is 1.50 bits per heavy atom. The molecule has 5 heteroatoms. The summed E-state index contributed by atoms with van der Waals surface area (Å²) < 4.78 is 14.0. The van der Waals surface area contributed by atoms with Crippen LogP contribution < -0.4 is 5.32 Å². The van der Waals surface area contributed by atoms with Gasteiger partial charge in [-0.2, -0.15) is 0 Å². The van der Waals surface area contributed by atoms with Gasteiger partial charge >= 0.3 is 0 Å². The van der Waals surface area contributed by atoms with E-state index in [4.69, 9.17) is 0 Å². The third-order valence-corrected chi connectivity index (χ3v) is 3.61. The van der Waals surface area contributed by atoms with Crippen LogP contribution in [0.2, 0.25) is 0 Å². The Bertz CT molecular complexity index is 499. The summed E-state index contributed by atoms with van der Waals surface area (Å²) in [6, 6.07) is 5.48. The molecule has 0 aliphatic carbocycles. The Labute approximate surface area is 110 Å². The third kappa shape index (κ3) is 3.11. The molecule has 1 aromatic carbocycles. The van der Waals surface area contributed by atoms with Gasteiger partial charge in [-0.05, 0) is 42.9 Å². The second kappa shape index (κ2) is 6.02. The van der Waals surface area contributed by atoms with Crippen molar-refractivity contribution in [2.24, 2.45) is 0 Å². The van der Waals surface area contributed by atoms with Crippen molar-refractivity contribution in [3.8, 4) is 0 Å².